The first kappa shape index (κ1) is 28.3. The van der Waals surface area contributed by atoms with E-state index in [2.05, 4.69) is 38.0 Å². The van der Waals surface area contributed by atoms with Gasteiger partial charge in [-0.25, -0.2) is 19.7 Å². The van der Waals surface area contributed by atoms with Crippen molar-refractivity contribution in [2.75, 3.05) is 47.2 Å². The summed E-state index contributed by atoms with van der Waals surface area (Å²) in [4.78, 5) is 29.3. The maximum Gasteiger partial charge on any atom is 0.323 e. The van der Waals surface area contributed by atoms with Crippen LogP contribution in [0.5, 0.6) is 0 Å². The smallest absolute Gasteiger partial charge is 0.323 e. The Balaban J connectivity index is 1.21. The molecule has 0 bridgehead atoms. The SMILES string of the molecule is O=C(Nc1ccccc1)Nc1cccc(-c2nc3c(Cl)cccn3c2-c2ccnc(Nc3cccc(N4CCOCC4)c3)n2)c1. The number of urea groups is 1. The number of aromatic nitrogens is 4. The monoisotopic (exact) mass is 616 g/mol. The molecule has 0 saturated carbocycles. The van der Waals surface area contributed by atoms with Crippen molar-refractivity contribution < 1.29 is 9.53 Å². The van der Waals surface area contributed by atoms with Crippen molar-refractivity contribution in [1.29, 1.82) is 0 Å². The molecule has 3 aromatic carbocycles. The molecule has 0 radical (unpaired) electrons. The lowest BCUT2D eigenvalue weighted by molar-refractivity contribution is 0.122. The highest BCUT2D eigenvalue weighted by molar-refractivity contribution is 6.33. The molecule has 45 heavy (non-hydrogen) atoms. The van der Waals surface area contributed by atoms with E-state index in [0.717, 1.165) is 35.7 Å². The van der Waals surface area contributed by atoms with Crippen LogP contribution in [-0.2, 0) is 4.74 Å². The molecule has 2 amide bonds. The van der Waals surface area contributed by atoms with E-state index in [0.29, 0.717) is 52.6 Å². The van der Waals surface area contributed by atoms with Gasteiger partial charge in [0.25, 0.3) is 0 Å². The van der Waals surface area contributed by atoms with E-state index in [9.17, 15) is 4.79 Å². The molecule has 0 spiro atoms. The van der Waals surface area contributed by atoms with E-state index in [1.807, 2.05) is 89.5 Å². The average Bonchev–Trinajstić information content (AvgIpc) is 3.47. The van der Waals surface area contributed by atoms with Gasteiger partial charge >= 0.3 is 6.03 Å². The highest BCUT2D eigenvalue weighted by Crippen LogP contribution is 2.35. The Hall–Kier alpha value is -5.45. The van der Waals surface area contributed by atoms with Crippen LogP contribution in [0, 0.1) is 0 Å². The predicted octanol–water partition coefficient (Wildman–Crippen LogP) is 7.34. The number of hydrogen-bond donors (Lipinski definition) is 3. The third-order valence-corrected chi connectivity index (χ3v) is 7.70. The van der Waals surface area contributed by atoms with Crippen molar-refractivity contribution in [3.63, 3.8) is 0 Å². The van der Waals surface area contributed by atoms with Crippen molar-refractivity contribution >= 4 is 52.0 Å². The number of benzene rings is 3. The maximum atomic E-state index is 12.7. The number of anilines is 5. The van der Waals surface area contributed by atoms with Crippen LogP contribution < -0.4 is 20.9 Å². The molecule has 1 aliphatic heterocycles. The number of morpholine rings is 1. The fourth-order valence-electron chi connectivity index (χ4n) is 5.32. The zero-order chi connectivity index (χ0) is 30.6. The maximum absolute atomic E-state index is 12.7. The molecule has 6 aromatic rings. The molecule has 1 fully saturated rings. The summed E-state index contributed by atoms with van der Waals surface area (Å²) in [6.45, 7) is 3.13. The van der Waals surface area contributed by atoms with E-state index in [1.165, 1.54) is 0 Å². The molecule has 4 heterocycles. The average molecular weight is 617 g/mol. The van der Waals surface area contributed by atoms with Gasteiger partial charge < -0.3 is 25.6 Å². The Morgan fingerprint density at radius 1 is 0.800 bits per heavy atom. The minimum absolute atomic E-state index is 0.346. The number of carbonyl (C=O) groups is 1. The summed E-state index contributed by atoms with van der Waals surface area (Å²) in [7, 11) is 0. The predicted molar refractivity (Wildman–Crippen MR) is 179 cm³/mol. The highest BCUT2D eigenvalue weighted by atomic mass is 35.5. The molecule has 1 aliphatic rings. The molecule has 11 heteroatoms. The van der Waals surface area contributed by atoms with Crippen LogP contribution in [0.3, 0.4) is 0 Å². The van der Waals surface area contributed by atoms with Crippen LogP contribution >= 0.6 is 11.6 Å². The zero-order valence-corrected chi connectivity index (χ0v) is 24.9. The lowest BCUT2D eigenvalue weighted by Gasteiger charge is -2.29. The molecule has 0 aliphatic carbocycles. The summed E-state index contributed by atoms with van der Waals surface area (Å²) in [6, 6.07) is 30.2. The fourth-order valence-corrected chi connectivity index (χ4v) is 5.53. The van der Waals surface area contributed by atoms with Gasteiger partial charge in [0.1, 0.15) is 0 Å². The van der Waals surface area contributed by atoms with Gasteiger partial charge in [-0.2, -0.15) is 0 Å². The Bertz CT molecular complexity index is 1970. The second-order valence-electron chi connectivity index (χ2n) is 10.4. The summed E-state index contributed by atoms with van der Waals surface area (Å²) in [5.41, 5.74) is 6.74. The number of halogens is 1. The molecular formula is C34H29ClN8O2. The standard InChI is InChI=1S/C34H29ClN8O2/c35-28-13-6-16-43-31(29-14-15-36-33(40-29)37-26-11-5-12-27(22-26)42-17-19-45-20-18-42)30(41-32(28)43)23-7-4-10-25(21-23)39-34(44)38-24-8-2-1-3-9-24/h1-16,21-22H,17-20H2,(H,36,37,40)(H2,38,39,44). The van der Waals surface area contributed by atoms with Gasteiger partial charge in [0.15, 0.2) is 5.65 Å². The number of ether oxygens (including phenoxy) is 1. The van der Waals surface area contributed by atoms with E-state index in [4.69, 9.17) is 26.3 Å². The van der Waals surface area contributed by atoms with Gasteiger partial charge in [-0.05, 0) is 60.7 Å². The van der Waals surface area contributed by atoms with Crippen LogP contribution in [0.25, 0.3) is 28.3 Å². The van der Waals surface area contributed by atoms with E-state index < -0.39 is 0 Å². The lowest BCUT2D eigenvalue weighted by Crippen LogP contribution is -2.36. The van der Waals surface area contributed by atoms with Gasteiger partial charge in [0, 0.05) is 53.8 Å². The Morgan fingerprint density at radius 3 is 2.44 bits per heavy atom. The molecule has 10 nitrogen and oxygen atoms in total. The Labute approximate surface area is 264 Å². The number of pyridine rings is 1. The molecule has 3 N–H and O–H groups in total. The Morgan fingerprint density at radius 2 is 1.58 bits per heavy atom. The number of hydrogen-bond acceptors (Lipinski definition) is 7. The van der Waals surface area contributed by atoms with Crippen molar-refractivity contribution in [2.24, 2.45) is 0 Å². The molecule has 224 valence electrons. The summed E-state index contributed by atoms with van der Waals surface area (Å²) in [5.74, 6) is 0.447. The van der Waals surface area contributed by atoms with Crippen LogP contribution in [0.1, 0.15) is 0 Å². The molecule has 3 aromatic heterocycles. The van der Waals surface area contributed by atoms with Gasteiger partial charge in [0.2, 0.25) is 5.95 Å². The summed E-state index contributed by atoms with van der Waals surface area (Å²) >= 11 is 6.61. The molecule has 7 rings (SSSR count). The van der Waals surface area contributed by atoms with Crippen molar-refractivity contribution in [1.82, 2.24) is 19.4 Å². The number of carbonyl (C=O) groups excluding carboxylic acids is 1. The van der Waals surface area contributed by atoms with Crippen molar-refractivity contribution in [2.45, 2.75) is 0 Å². The number of nitrogens with zero attached hydrogens (tertiary/aromatic N) is 5. The molecule has 0 unspecified atom stereocenters. The number of nitrogens with one attached hydrogen (secondary N) is 3. The van der Waals surface area contributed by atoms with E-state index in [1.54, 1.807) is 12.3 Å². The largest absolute Gasteiger partial charge is 0.378 e. The van der Waals surface area contributed by atoms with Crippen LogP contribution in [0.2, 0.25) is 5.02 Å². The number of fused-ring (bicyclic) bond motifs is 1. The molecule has 0 atom stereocenters. The first-order chi connectivity index (χ1) is 22.1. The topological polar surface area (TPSA) is 109 Å². The summed E-state index contributed by atoms with van der Waals surface area (Å²) in [6.07, 6.45) is 3.62. The second kappa shape index (κ2) is 12.7. The molecular weight excluding hydrogens is 588 g/mol. The normalized spacial score (nSPS) is 13.0. The highest BCUT2D eigenvalue weighted by Gasteiger charge is 2.20. The van der Waals surface area contributed by atoms with Gasteiger partial charge in [-0.15, -0.1) is 0 Å². The first-order valence-electron chi connectivity index (χ1n) is 14.5. The number of imidazole rings is 1. The van der Waals surface area contributed by atoms with Gasteiger partial charge in [-0.1, -0.05) is 48.0 Å². The molecule has 1 saturated heterocycles. The first-order valence-corrected chi connectivity index (χ1v) is 14.9. The number of amides is 2. The van der Waals surface area contributed by atoms with Crippen LogP contribution in [-0.4, -0.2) is 51.7 Å². The Kier molecular flexibility index (Phi) is 7.96. The number of para-hydroxylation sites is 1. The third-order valence-electron chi connectivity index (χ3n) is 7.40. The van der Waals surface area contributed by atoms with E-state index in [-0.39, 0.29) is 6.03 Å². The second-order valence-corrected chi connectivity index (χ2v) is 10.8. The van der Waals surface area contributed by atoms with E-state index >= 15 is 0 Å². The lowest BCUT2D eigenvalue weighted by atomic mass is 10.1. The third kappa shape index (κ3) is 6.28. The summed E-state index contributed by atoms with van der Waals surface area (Å²) in [5, 5.41) is 9.63. The van der Waals surface area contributed by atoms with Crippen LogP contribution in [0.4, 0.5) is 33.5 Å². The quantitative estimate of drug-likeness (QED) is 0.172. The van der Waals surface area contributed by atoms with Crippen molar-refractivity contribution in [3.8, 4) is 22.6 Å². The van der Waals surface area contributed by atoms with Crippen LogP contribution in [0.15, 0.2) is 109 Å². The number of rotatable bonds is 7. The zero-order valence-electron chi connectivity index (χ0n) is 24.2. The van der Waals surface area contributed by atoms with Gasteiger partial charge in [-0.3, -0.25) is 4.40 Å². The van der Waals surface area contributed by atoms with Crippen molar-refractivity contribution in [3.05, 3.63) is 114 Å². The fraction of sp³-hybridized carbons (Fsp3) is 0.118. The minimum atomic E-state index is -0.346. The van der Waals surface area contributed by atoms with Gasteiger partial charge in [0.05, 0.1) is 35.3 Å². The summed E-state index contributed by atoms with van der Waals surface area (Å²) < 4.78 is 7.43. The minimum Gasteiger partial charge on any atom is -0.378 e.